The maximum atomic E-state index is 12.9. The van der Waals surface area contributed by atoms with Crippen LogP contribution in [0.1, 0.15) is 5.56 Å². The second-order valence-electron chi connectivity index (χ2n) is 4.04. The molecule has 1 aliphatic heterocycles. The summed E-state index contributed by atoms with van der Waals surface area (Å²) in [6, 6.07) is 4.08. The third kappa shape index (κ3) is 4.72. The fourth-order valence-electron chi connectivity index (χ4n) is 1.70. The maximum Gasteiger partial charge on any atom is 0.239 e. The summed E-state index contributed by atoms with van der Waals surface area (Å²) in [5, 5.41) is 5.87. The van der Waals surface area contributed by atoms with Gasteiger partial charge in [0.2, 0.25) is 5.91 Å². The zero-order chi connectivity index (χ0) is 13.0. The van der Waals surface area contributed by atoms with Gasteiger partial charge in [-0.15, -0.1) is 12.4 Å². The van der Waals surface area contributed by atoms with Gasteiger partial charge in [-0.2, -0.15) is 0 Å². The predicted molar refractivity (Wildman–Crippen MR) is 75.8 cm³/mol. The third-order valence-corrected chi connectivity index (χ3v) is 3.44. The van der Waals surface area contributed by atoms with Crippen molar-refractivity contribution in [2.24, 2.45) is 0 Å². The first kappa shape index (κ1) is 16.4. The molecule has 0 spiro atoms. The van der Waals surface area contributed by atoms with Crippen molar-refractivity contribution >= 4 is 34.2 Å². The number of benzene rings is 1. The van der Waals surface area contributed by atoms with E-state index in [1.54, 1.807) is 6.07 Å². The minimum atomic E-state index is -0.307. The Hall–Kier alpha value is -0.690. The Kier molecular flexibility index (Phi) is 6.71. The number of nitrogens with one attached hydrogen (secondary N) is 2. The molecule has 19 heavy (non-hydrogen) atoms. The zero-order valence-electron chi connectivity index (χ0n) is 10.1. The minimum Gasteiger partial charge on any atom is -0.378 e. The molecule has 0 aliphatic carbocycles. The molecule has 1 saturated heterocycles. The molecular formula is C12H15BrClFN2O2. The Bertz CT molecular complexity index is 442. The van der Waals surface area contributed by atoms with Crippen molar-refractivity contribution in [3.05, 3.63) is 34.1 Å². The van der Waals surface area contributed by atoms with Crippen molar-refractivity contribution in [3.63, 3.8) is 0 Å². The number of carbonyl (C=O) groups excluding carboxylic acids is 1. The summed E-state index contributed by atoms with van der Waals surface area (Å²) in [5.74, 6) is -0.412. The lowest BCUT2D eigenvalue weighted by Crippen LogP contribution is -2.51. The molecule has 2 rings (SSSR count). The van der Waals surface area contributed by atoms with Crippen molar-refractivity contribution < 1.29 is 13.9 Å². The van der Waals surface area contributed by atoms with Crippen LogP contribution in [-0.4, -0.2) is 31.7 Å². The van der Waals surface area contributed by atoms with Crippen molar-refractivity contribution in [1.29, 1.82) is 0 Å². The highest BCUT2D eigenvalue weighted by molar-refractivity contribution is 9.10. The Labute approximate surface area is 125 Å². The smallest absolute Gasteiger partial charge is 0.239 e. The minimum absolute atomic E-state index is 0. The molecule has 1 aromatic carbocycles. The van der Waals surface area contributed by atoms with Crippen LogP contribution in [0.15, 0.2) is 22.7 Å². The van der Waals surface area contributed by atoms with Gasteiger partial charge < -0.3 is 15.4 Å². The first-order valence-corrected chi connectivity index (χ1v) is 6.49. The Balaban J connectivity index is 0.00000180. The van der Waals surface area contributed by atoms with E-state index >= 15 is 0 Å². The number of amides is 1. The first-order chi connectivity index (χ1) is 8.66. The number of hydrogen-bond acceptors (Lipinski definition) is 3. The Morgan fingerprint density at radius 2 is 2.37 bits per heavy atom. The number of halogens is 3. The van der Waals surface area contributed by atoms with E-state index in [0.29, 0.717) is 30.8 Å². The van der Waals surface area contributed by atoms with Crippen molar-refractivity contribution in [2.45, 2.75) is 12.6 Å². The number of hydrogen-bond donors (Lipinski definition) is 2. The predicted octanol–water partition coefficient (Wildman–Crippen LogP) is 1.61. The number of ether oxygens (including phenoxy) is 1. The van der Waals surface area contributed by atoms with Gasteiger partial charge in [-0.05, 0) is 17.7 Å². The second kappa shape index (κ2) is 7.79. The summed E-state index contributed by atoms with van der Waals surface area (Å²) < 4.78 is 18.8. The number of rotatable bonds is 3. The molecule has 1 atom stereocenters. The molecule has 0 saturated carbocycles. The molecule has 1 unspecified atom stereocenters. The normalized spacial score (nSPS) is 18.5. The average molecular weight is 354 g/mol. The van der Waals surface area contributed by atoms with Crippen LogP contribution < -0.4 is 10.6 Å². The largest absolute Gasteiger partial charge is 0.378 e. The number of carbonyl (C=O) groups is 1. The molecule has 1 aromatic rings. The highest BCUT2D eigenvalue weighted by Gasteiger charge is 2.20. The van der Waals surface area contributed by atoms with Crippen LogP contribution in [-0.2, 0) is 16.1 Å². The molecule has 0 radical (unpaired) electrons. The molecule has 1 amide bonds. The van der Waals surface area contributed by atoms with Crippen molar-refractivity contribution in [2.75, 3.05) is 19.8 Å². The van der Waals surface area contributed by atoms with Crippen LogP contribution in [0.4, 0.5) is 4.39 Å². The molecule has 1 aliphatic rings. The van der Waals surface area contributed by atoms with Crippen LogP contribution in [0.5, 0.6) is 0 Å². The fourth-order valence-corrected chi connectivity index (χ4v) is 2.20. The van der Waals surface area contributed by atoms with Crippen molar-refractivity contribution in [1.82, 2.24) is 10.6 Å². The van der Waals surface area contributed by atoms with Crippen molar-refractivity contribution in [3.8, 4) is 0 Å². The van der Waals surface area contributed by atoms with Gasteiger partial charge in [-0.25, -0.2) is 4.39 Å². The average Bonchev–Trinajstić information content (AvgIpc) is 2.38. The molecule has 106 valence electrons. The maximum absolute atomic E-state index is 12.9. The van der Waals surface area contributed by atoms with Crippen LogP contribution in [0.25, 0.3) is 0 Å². The standard InChI is InChI=1S/C12H14BrFN2O2.ClH/c13-10-5-9(14)2-1-8(10)6-16-12(17)11-7-18-4-3-15-11;/h1-2,5,11,15H,3-4,6-7H2,(H,16,17);1H. The molecule has 1 fully saturated rings. The molecule has 2 N–H and O–H groups in total. The molecule has 0 bridgehead atoms. The van der Waals surface area contributed by atoms with E-state index in [9.17, 15) is 9.18 Å². The van der Waals surface area contributed by atoms with Crippen LogP contribution >= 0.6 is 28.3 Å². The van der Waals surface area contributed by atoms with Gasteiger partial charge in [0, 0.05) is 17.6 Å². The van der Waals surface area contributed by atoms with E-state index in [2.05, 4.69) is 26.6 Å². The van der Waals surface area contributed by atoms with E-state index in [-0.39, 0.29) is 30.2 Å². The summed E-state index contributed by atoms with van der Waals surface area (Å²) in [6.07, 6.45) is 0. The summed E-state index contributed by atoms with van der Waals surface area (Å²) in [4.78, 5) is 11.8. The van der Waals surface area contributed by atoms with Gasteiger partial charge in [-0.1, -0.05) is 22.0 Å². The summed E-state index contributed by atoms with van der Waals surface area (Å²) in [5.41, 5.74) is 0.835. The highest BCUT2D eigenvalue weighted by atomic mass is 79.9. The molecule has 1 heterocycles. The summed E-state index contributed by atoms with van der Waals surface area (Å²) >= 11 is 3.26. The Morgan fingerprint density at radius 1 is 1.58 bits per heavy atom. The van der Waals surface area contributed by atoms with Crippen LogP contribution in [0.2, 0.25) is 0 Å². The van der Waals surface area contributed by atoms with E-state index in [4.69, 9.17) is 4.74 Å². The molecule has 0 aromatic heterocycles. The summed E-state index contributed by atoms with van der Waals surface area (Å²) in [7, 11) is 0. The van der Waals surface area contributed by atoms with Gasteiger partial charge in [0.05, 0.1) is 13.2 Å². The van der Waals surface area contributed by atoms with E-state index in [1.165, 1.54) is 12.1 Å². The Morgan fingerprint density at radius 3 is 3.00 bits per heavy atom. The first-order valence-electron chi connectivity index (χ1n) is 5.69. The SMILES string of the molecule is Cl.O=C(NCc1ccc(F)cc1Br)C1COCCN1. The van der Waals surface area contributed by atoms with E-state index in [1.807, 2.05) is 0 Å². The van der Waals surface area contributed by atoms with Crippen LogP contribution in [0.3, 0.4) is 0 Å². The lowest BCUT2D eigenvalue weighted by Gasteiger charge is -2.23. The molecular weight excluding hydrogens is 338 g/mol. The monoisotopic (exact) mass is 352 g/mol. The van der Waals surface area contributed by atoms with Gasteiger partial charge in [-0.3, -0.25) is 4.79 Å². The van der Waals surface area contributed by atoms with Crippen LogP contribution in [0, 0.1) is 5.82 Å². The highest BCUT2D eigenvalue weighted by Crippen LogP contribution is 2.17. The van der Waals surface area contributed by atoms with Gasteiger partial charge in [0.15, 0.2) is 0 Å². The van der Waals surface area contributed by atoms with E-state index in [0.717, 1.165) is 5.56 Å². The lowest BCUT2D eigenvalue weighted by atomic mass is 10.2. The van der Waals surface area contributed by atoms with Gasteiger partial charge in [0.25, 0.3) is 0 Å². The zero-order valence-corrected chi connectivity index (χ0v) is 12.5. The van der Waals surface area contributed by atoms with Gasteiger partial charge in [0.1, 0.15) is 11.9 Å². The number of morpholine rings is 1. The quantitative estimate of drug-likeness (QED) is 0.868. The third-order valence-electron chi connectivity index (χ3n) is 2.71. The van der Waals surface area contributed by atoms with E-state index < -0.39 is 0 Å². The molecule has 7 heteroatoms. The summed E-state index contributed by atoms with van der Waals surface area (Å²) in [6.45, 7) is 2.06. The second-order valence-corrected chi connectivity index (χ2v) is 4.89. The topological polar surface area (TPSA) is 50.4 Å². The lowest BCUT2D eigenvalue weighted by molar-refractivity contribution is -0.126. The van der Waals surface area contributed by atoms with Gasteiger partial charge >= 0.3 is 0 Å². The molecule has 4 nitrogen and oxygen atoms in total. The fraction of sp³-hybridized carbons (Fsp3) is 0.417.